The molecule has 0 aromatic carbocycles. The van der Waals surface area contributed by atoms with Crippen molar-refractivity contribution in [2.45, 2.75) is 416 Å². The number of nitrogens with zero attached hydrogens (tertiary/aromatic N) is 4. The van der Waals surface area contributed by atoms with Crippen LogP contribution in [0.2, 0.25) is 0 Å². The van der Waals surface area contributed by atoms with E-state index < -0.39 is 40.2 Å². The third-order valence-electron chi connectivity index (χ3n) is 11.6. The molecule has 22 heteroatoms. The molecule has 102 heavy (non-hydrogen) atoms. The first-order valence-electron chi connectivity index (χ1n) is 36.3. The summed E-state index contributed by atoms with van der Waals surface area (Å²) in [5, 5.41) is 7.37. The van der Waals surface area contributed by atoms with Crippen molar-refractivity contribution in [2.75, 3.05) is 34.5 Å². The summed E-state index contributed by atoms with van der Waals surface area (Å²) in [4.78, 5) is 61.1. The Morgan fingerprint density at radius 1 is 0.353 bits per heavy atom. The molecule has 2 rings (SSSR count). The summed E-state index contributed by atoms with van der Waals surface area (Å²) in [6.07, 6.45) is 4.33. The van der Waals surface area contributed by atoms with Gasteiger partial charge < -0.3 is 9.68 Å². The molecule has 2 heterocycles. The van der Waals surface area contributed by atoms with Crippen LogP contribution < -0.4 is 0 Å². The van der Waals surface area contributed by atoms with Gasteiger partial charge in [0.15, 0.2) is 19.7 Å². The molecule has 2 aliphatic heterocycles. The zero-order valence-corrected chi connectivity index (χ0v) is 81.6. The molecule has 0 bridgehead atoms. The number of hydrogen-bond acceptors (Lipinski definition) is 18. The molecule has 0 aromatic heterocycles. The predicted octanol–water partition coefficient (Wildman–Crippen LogP) is 23.1. The zero-order chi connectivity index (χ0) is 83.8. The average molecular weight is 1600 g/mol. The van der Waals surface area contributed by atoms with E-state index in [0.29, 0.717) is 44.7 Å². The van der Waals surface area contributed by atoms with Gasteiger partial charge in [-0.25, -0.2) is 16.8 Å². The Morgan fingerprint density at radius 2 is 0.569 bits per heavy atom. The maximum Gasteiger partial charge on any atom is 0.243 e. The van der Waals surface area contributed by atoms with Crippen molar-refractivity contribution < 1.29 is 45.7 Å². The third-order valence-corrected chi connectivity index (χ3v) is 26.3. The molecule has 0 saturated carbocycles. The standard InChI is InChI=1S/2C12H21NO2S.2C10H22O2S2.2C9H19NO.2C9H20S/c2*1-11(2,3)13-9(14)7-8(10(13)15)16-12(4,5)6;2*1-9(2,3)13-7-8-14(11,12)10(4,5)6;2*1-8(2,3)7-10-11-9(4,5)6;2*1-8(2,3)7-10-9(4,5)6/h2*8H,7H2,1-6H3;2*7-8H2,1-6H3;2*7H,1-6H3;2*7H2,1-6H3/b;;;;2*10-7+;;. The summed E-state index contributed by atoms with van der Waals surface area (Å²) in [6, 6.07) is 0. The molecular weight excluding hydrogens is 1430 g/mol. The highest BCUT2D eigenvalue weighted by Crippen LogP contribution is 2.39. The maximum absolute atomic E-state index is 12.1. The van der Waals surface area contributed by atoms with E-state index in [9.17, 15) is 36.0 Å². The number of carbonyl (C=O) groups is 4. The van der Waals surface area contributed by atoms with Gasteiger partial charge in [-0.1, -0.05) is 218 Å². The highest BCUT2D eigenvalue weighted by Gasteiger charge is 2.47. The third kappa shape index (κ3) is 69.7. The van der Waals surface area contributed by atoms with E-state index in [1.807, 2.05) is 119 Å². The second-order valence-corrected chi connectivity index (χ2v) is 59.9. The molecule has 2 fully saturated rings. The fraction of sp³-hybridized carbons (Fsp3) is 0.925. The molecule has 2 unspecified atom stereocenters. The lowest BCUT2D eigenvalue weighted by Crippen LogP contribution is -2.46. The van der Waals surface area contributed by atoms with Gasteiger partial charge >= 0.3 is 0 Å². The van der Waals surface area contributed by atoms with E-state index in [0.717, 1.165) is 0 Å². The highest BCUT2D eigenvalue weighted by molar-refractivity contribution is 8.03. The molecule has 2 atom stereocenters. The Hall–Kier alpha value is -0.780. The normalized spacial score (nSPS) is 16.9. The summed E-state index contributed by atoms with van der Waals surface area (Å²) in [6.45, 7) is 98.6. The summed E-state index contributed by atoms with van der Waals surface area (Å²) < 4.78 is 46.8. The minimum absolute atomic E-state index is 0.00843. The monoisotopic (exact) mass is 1600 g/mol. The van der Waals surface area contributed by atoms with Crippen molar-refractivity contribution in [3.05, 3.63) is 0 Å². The molecular formula is C80H164N4O10S8. The first-order valence-corrected chi connectivity index (χ1v) is 45.3. The number of sulfone groups is 2. The van der Waals surface area contributed by atoms with E-state index in [2.05, 4.69) is 218 Å². The van der Waals surface area contributed by atoms with Crippen LogP contribution in [0.4, 0.5) is 0 Å². The van der Waals surface area contributed by atoms with Crippen LogP contribution in [0, 0.1) is 21.7 Å². The fourth-order valence-corrected chi connectivity index (χ4v) is 15.9. The maximum atomic E-state index is 12.1. The van der Waals surface area contributed by atoms with Gasteiger partial charge in [-0.05, 0) is 147 Å². The number of amides is 4. The summed E-state index contributed by atoms with van der Waals surface area (Å²) in [5.41, 5.74) is -0.0153. The SMILES string of the molecule is CC(C)(C)/C=N/OC(C)(C)C.CC(C)(C)/C=N/OC(C)(C)C.CC(C)(C)CSC(C)(C)C.CC(C)(C)CSC(C)(C)C.CC(C)(C)SC1CC(=O)N(C(C)(C)C)C1=O.CC(C)(C)SC1CC(=O)N(C(C)(C)C)C1=O.CC(C)(C)SCCS(=O)(=O)C(C)(C)C.CC(C)(C)SCCS(=O)(=O)C(C)(C)C. The number of hydrogen-bond donors (Lipinski definition) is 0. The molecule has 0 radical (unpaired) electrons. The Kier molecular flexibility index (Phi) is 47.4. The predicted molar refractivity (Wildman–Crippen MR) is 467 cm³/mol. The number of oxime groups is 2. The van der Waals surface area contributed by atoms with Crippen LogP contribution in [0.1, 0.15) is 345 Å². The van der Waals surface area contributed by atoms with Crippen LogP contribution in [-0.2, 0) is 48.5 Å². The van der Waals surface area contributed by atoms with Crippen LogP contribution in [0.3, 0.4) is 0 Å². The molecule has 4 amide bonds. The van der Waals surface area contributed by atoms with Crippen LogP contribution in [0.25, 0.3) is 0 Å². The first-order chi connectivity index (χ1) is 43.8. The van der Waals surface area contributed by atoms with Gasteiger partial charge in [0.1, 0.15) is 11.2 Å². The van der Waals surface area contributed by atoms with E-state index >= 15 is 0 Å². The number of rotatable bonds is 12. The van der Waals surface area contributed by atoms with Crippen molar-refractivity contribution in [1.29, 1.82) is 0 Å². The molecule has 0 N–H and O–H groups in total. The topological polar surface area (TPSA) is 186 Å². The number of likely N-dealkylation sites (tertiary alicyclic amines) is 2. The van der Waals surface area contributed by atoms with E-state index in [1.54, 1.807) is 88.6 Å². The second kappa shape index (κ2) is 43.1. The summed E-state index contributed by atoms with van der Waals surface area (Å²) in [5.74, 6) is 4.27. The van der Waals surface area contributed by atoms with Crippen molar-refractivity contribution in [2.24, 2.45) is 32.0 Å². The number of imide groups is 2. The van der Waals surface area contributed by atoms with Crippen LogP contribution in [-0.4, -0.2) is 168 Å². The summed E-state index contributed by atoms with van der Waals surface area (Å²) >= 11 is 10.6. The van der Waals surface area contributed by atoms with E-state index in [4.69, 9.17) is 9.68 Å². The van der Waals surface area contributed by atoms with Crippen molar-refractivity contribution in [3.63, 3.8) is 0 Å². The van der Waals surface area contributed by atoms with Gasteiger partial charge in [-0.15, -0.1) is 23.5 Å². The zero-order valence-electron chi connectivity index (χ0n) is 75.1. The summed E-state index contributed by atoms with van der Waals surface area (Å²) in [7, 11) is -5.88. The van der Waals surface area contributed by atoms with Crippen molar-refractivity contribution in [1.82, 2.24) is 9.80 Å². The van der Waals surface area contributed by atoms with Gasteiger partial charge in [-0.2, -0.15) is 47.0 Å². The Morgan fingerprint density at radius 3 is 0.696 bits per heavy atom. The van der Waals surface area contributed by atoms with Crippen molar-refractivity contribution >= 4 is 126 Å². The second-order valence-electron chi connectivity index (χ2n) is 42.6. The van der Waals surface area contributed by atoms with Gasteiger partial charge in [0.05, 0.1) is 31.5 Å². The molecule has 0 aromatic rings. The van der Waals surface area contributed by atoms with Gasteiger partial charge in [0, 0.05) is 87.2 Å². The quantitative estimate of drug-likeness (QED) is 0.102. The Balaban J connectivity index is -0.000000260. The Labute approximate surface area is 659 Å². The lowest BCUT2D eigenvalue weighted by Gasteiger charge is -2.30. The van der Waals surface area contributed by atoms with E-state index in [-0.39, 0.29) is 86.7 Å². The molecule has 2 saturated heterocycles. The Bertz CT molecular complexity index is 2510. The van der Waals surface area contributed by atoms with Gasteiger partial charge in [-0.3, -0.25) is 29.0 Å². The fourth-order valence-electron chi connectivity index (χ4n) is 6.73. The molecule has 14 nitrogen and oxygen atoms in total. The first kappa shape index (κ1) is 112. The molecule has 2 aliphatic rings. The number of carbonyl (C=O) groups excluding carboxylic acids is 4. The van der Waals surface area contributed by atoms with Crippen LogP contribution >= 0.6 is 70.6 Å². The average Bonchev–Trinajstić information content (AvgIpc) is 1.65. The van der Waals surface area contributed by atoms with Crippen molar-refractivity contribution in [3.8, 4) is 0 Å². The van der Waals surface area contributed by atoms with Crippen LogP contribution in [0.15, 0.2) is 10.3 Å². The smallest absolute Gasteiger partial charge is 0.243 e. The largest absolute Gasteiger partial charge is 0.390 e. The van der Waals surface area contributed by atoms with Gasteiger partial charge in [0.2, 0.25) is 23.6 Å². The minimum Gasteiger partial charge on any atom is -0.390 e. The highest BCUT2D eigenvalue weighted by atomic mass is 32.2. The minimum atomic E-state index is -2.94. The lowest BCUT2D eigenvalue weighted by molar-refractivity contribution is -0.145. The van der Waals surface area contributed by atoms with Crippen LogP contribution in [0.5, 0.6) is 0 Å². The number of thioether (sulfide) groups is 6. The molecule has 0 aliphatic carbocycles. The van der Waals surface area contributed by atoms with Gasteiger partial charge in [0.25, 0.3) is 0 Å². The molecule has 612 valence electrons. The lowest BCUT2D eigenvalue weighted by atomic mass is 9.99. The van der Waals surface area contributed by atoms with E-state index in [1.165, 1.54) is 21.3 Å². The molecule has 0 spiro atoms.